The zero-order valence-corrected chi connectivity index (χ0v) is 27.3. The van der Waals surface area contributed by atoms with Crippen LogP contribution in [0.15, 0.2) is 170 Å². The van der Waals surface area contributed by atoms with E-state index in [0.717, 1.165) is 53.6 Å². The molecule has 0 atom stereocenters. The molecule has 0 N–H and O–H groups in total. The smallest absolute Gasteiger partial charge is 0.166 e. The third kappa shape index (κ3) is 4.63. The Bertz CT molecular complexity index is 3090. The Labute approximate surface area is 299 Å². The number of benzene rings is 7. The summed E-state index contributed by atoms with van der Waals surface area (Å²) >= 11 is 1.52. The predicted octanol–water partition coefficient (Wildman–Crippen LogP) is 12.0. The van der Waals surface area contributed by atoms with Crippen molar-refractivity contribution in [3.63, 3.8) is 0 Å². The number of nitrogens with zero attached hydrogens (tertiary/aromatic N) is 4. The summed E-state index contributed by atoms with van der Waals surface area (Å²) in [6.45, 7) is 0. The number of hydrogen-bond donors (Lipinski definition) is 0. The average Bonchev–Trinajstić information content (AvgIpc) is 3.78. The molecule has 50 heavy (non-hydrogen) atoms. The van der Waals surface area contributed by atoms with Crippen LogP contribution < -0.4 is 0 Å². The van der Waals surface area contributed by atoms with E-state index in [0.29, 0.717) is 23.0 Å². The van der Waals surface area contributed by atoms with Gasteiger partial charge >= 0.3 is 0 Å². The molecule has 0 saturated carbocycles. The Morgan fingerprint density at radius 3 is 1.86 bits per heavy atom. The van der Waals surface area contributed by atoms with Crippen molar-refractivity contribution in [2.75, 3.05) is 0 Å². The lowest BCUT2D eigenvalue weighted by molar-refractivity contribution is 1.06. The average molecular weight is 662 g/mol. The molecule has 0 aliphatic heterocycles. The summed E-state index contributed by atoms with van der Waals surface area (Å²) < 4.78 is 46.1. The van der Waals surface area contributed by atoms with Gasteiger partial charge in [0.1, 0.15) is 0 Å². The van der Waals surface area contributed by atoms with Crippen molar-refractivity contribution < 1.29 is 6.85 Å². The van der Waals surface area contributed by atoms with E-state index in [9.17, 15) is 0 Å². The molecule has 0 aliphatic rings. The van der Waals surface area contributed by atoms with E-state index in [1.165, 1.54) is 22.1 Å². The first kappa shape index (κ1) is 23.8. The van der Waals surface area contributed by atoms with E-state index in [4.69, 9.17) is 21.8 Å². The predicted molar refractivity (Wildman–Crippen MR) is 209 cm³/mol. The summed E-state index contributed by atoms with van der Waals surface area (Å²) in [6.07, 6.45) is 0. The van der Waals surface area contributed by atoms with Gasteiger partial charge in [0.05, 0.1) is 23.6 Å². The van der Waals surface area contributed by atoms with Gasteiger partial charge in [-0.1, -0.05) is 139 Å². The molecule has 0 unspecified atom stereocenters. The van der Waals surface area contributed by atoms with Crippen LogP contribution in [0.25, 0.3) is 93.0 Å². The molecule has 4 nitrogen and oxygen atoms in total. The molecule has 0 amide bonds. The molecule has 5 heteroatoms. The normalized spacial score (nSPS) is 13.0. The topological polar surface area (TPSA) is 43.6 Å². The SMILES string of the molecule is [2H]c1c([2H])c([2H])c(-c2cccc3c2sc2cc(-c4nc(-c5ccccc5)nc(-c5ccccc5-n5c6ccccc6c6ccccc65)n4)ccc23)c([2H])c1[2H]. The quantitative estimate of drug-likeness (QED) is 0.184. The highest BCUT2D eigenvalue weighted by Crippen LogP contribution is 2.41. The first-order chi connectivity index (χ1) is 26.9. The van der Waals surface area contributed by atoms with E-state index < -0.39 is 6.04 Å². The van der Waals surface area contributed by atoms with Gasteiger partial charge in [-0.15, -0.1) is 11.3 Å². The summed E-state index contributed by atoms with van der Waals surface area (Å²) in [5.74, 6) is 1.62. The zero-order chi connectivity index (χ0) is 37.4. The van der Waals surface area contributed by atoms with Crippen LogP contribution >= 0.6 is 11.3 Å². The van der Waals surface area contributed by atoms with Crippen molar-refractivity contribution in [3.05, 3.63) is 170 Å². The van der Waals surface area contributed by atoms with Gasteiger partial charge in [0.25, 0.3) is 0 Å². The van der Waals surface area contributed by atoms with Gasteiger partial charge < -0.3 is 4.57 Å². The Hall–Kier alpha value is -6.43. The minimum Gasteiger partial charge on any atom is -0.309 e. The molecule has 0 spiro atoms. The molecule has 0 aliphatic carbocycles. The van der Waals surface area contributed by atoms with Gasteiger partial charge in [-0.25, -0.2) is 15.0 Å². The van der Waals surface area contributed by atoms with Crippen LogP contribution in [-0.2, 0) is 0 Å². The second kappa shape index (κ2) is 11.6. The summed E-state index contributed by atoms with van der Waals surface area (Å²) in [4.78, 5) is 15.3. The van der Waals surface area contributed by atoms with Crippen molar-refractivity contribution in [3.8, 4) is 51.0 Å². The maximum atomic E-state index is 8.66. The lowest BCUT2D eigenvalue weighted by Crippen LogP contribution is -2.03. The molecule has 0 bridgehead atoms. The second-order valence-electron chi connectivity index (χ2n) is 12.1. The maximum absolute atomic E-state index is 8.66. The van der Waals surface area contributed by atoms with Crippen LogP contribution in [0.4, 0.5) is 0 Å². The van der Waals surface area contributed by atoms with Crippen LogP contribution in [-0.4, -0.2) is 19.5 Å². The molecule has 0 saturated heterocycles. The van der Waals surface area contributed by atoms with E-state index in [1.807, 2.05) is 72.8 Å². The molecular formula is C45H28N4S. The van der Waals surface area contributed by atoms with Gasteiger partial charge in [-0.3, -0.25) is 0 Å². The highest BCUT2D eigenvalue weighted by molar-refractivity contribution is 7.26. The van der Waals surface area contributed by atoms with Crippen molar-refractivity contribution >= 4 is 53.3 Å². The van der Waals surface area contributed by atoms with Gasteiger partial charge in [0, 0.05) is 47.6 Å². The van der Waals surface area contributed by atoms with Gasteiger partial charge in [-0.2, -0.15) is 0 Å². The fraction of sp³-hybridized carbons (Fsp3) is 0. The van der Waals surface area contributed by atoms with Crippen molar-refractivity contribution in [1.29, 1.82) is 0 Å². The van der Waals surface area contributed by atoms with Gasteiger partial charge in [-0.05, 0) is 41.5 Å². The number of para-hydroxylation sites is 3. The Morgan fingerprint density at radius 1 is 0.460 bits per heavy atom. The minimum atomic E-state index is -0.406. The maximum Gasteiger partial charge on any atom is 0.166 e. The second-order valence-corrected chi connectivity index (χ2v) is 13.1. The molecule has 0 fully saturated rings. The number of fused-ring (bicyclic) bond motifs is 6. The van der Waals surface area contributed by atoms with Crippen molar-refractivity contribution in [1.82, 2.24) is 19.5 Å². The lowest BCUT2D eigenvalue weighted by Gasteiger charge is -2.14. The summed E-state index contributed by atoms with van der Waals surface area (Å²) in [6, 6.07) is 45.3. The van der Waals surface area contributed by atoms with E-state index in [1.54, 1.807) is 0 Å². The molecule has 3 heterocycles. The fourth-order valence-electron chi connectivity index (χ4n) is 6.90. The molecule has 234 valence electrons. The Kier molecular flexibility index (Phi) is 5.54. The Morgan fingerprint density at radius 2 is 1.08 bits per heavy atom. The summed E-state index contributed by atoms with van der Waals surface area (Å²) in [5, 5.41) is 4.27. The van der Waals surface area contributed by atoms with E-state index in [-0.39, 0.29) is 29.7 Å². The fourth-order valence-corrected chi connectivity index (χ4v) is 8.16. The van der Waals surface area contributed by atoms with E-state index >= 15 is 0 Å². The molecule has 10 aromatic rings. The van der Waals surface area contributed by atoms with Gasteiger partial charge in [0.15, 0.2) is 17.5 Å². The summed E-state index contributed by atoms with van der Waals surface area (Å²) in [5.41, 5.74) is 6.47. The zero-order valence-electron chi connectivity index (χ0n) is 31.5. The highest BCUT2D eigenvalue weighted by Gasteiger charge is 2.19. The third-order valence-corrected chi connectivity index (χ3v) is 10.4. The number of rotatable bonds is 5. The lowest BCUT2D eigenvalue weighted by atomic mass is 10.0. The molecule has 10 rings (SSSR count). The first-order valence-electron chi connectivity index (χ1n) is 18.8. The van der Waals surface area contributed by atoms with Crippen LogP contribution in [0.1, 0.15) is 6.85 Å². The Balaban J connectivity index is 1.18. The molecule has 0 radical (unpaired) electrons. The van der Waals surface area contributed by atoms with Crippen molar-refractivity contribution in [2.24, 2.45) is 0 Å². The van der Waals surface area contributed by atoms with Crippen LogP contribution in [0.2, 0.25) is 0 Å². The molecular weight excluding hydrogens is 629 g/mol. The monoisotopic (exact) mass is 661 g/mol. The molecule has 7 aromatic carbocycles. The van der Waals surface area contributed by atoms with Gasteiger partial charge in [0.2, 0.25) is 0 Å². The third-order valence-electron chi connectivity index (χ3n) is 9.16. The van der Waals surface area contributed by atoms with Crippen LogP contribution in [0.5, 0.6) is 0 Å². The number of aromatic nitrogens is 4. The molecule has 3 aromatic heterocycles. The highest BCUT2D eigenvalue weighted by atomic mass is 32.1. The summed E-state index contributed by atoms with van der Waals surface area (Å²) in [7, 11) is 0. The number of thiophene rings is 1. The van der Waals surface area contributed by atoms with Crippen LogP contribution in [0, 0.1) is 0 Å². The minimum absolute atomic E-state index is 0.194. The standard InChI is InChI=1S/C45H28N4S/c1-3-14-29(15-4-1)32-21-13-22-36-35-27-26-31(28-41(35)50-42(32)36)44-46-43(30-16-5-2-6-17-30)47-45(48-44)37-20-9-12-25-40(37)49-38-23-10-7-18-33(38)34-19-8-11-24-39(34)49/h1-28H/i1D,3D,4D,14D,15D. The first-order valence-corrected chi connectivity index (χ1v) is 17.1. The van der Waals surface area contributed by atoms with Crippen molar-refractivity contribution in [2.45, 2.75) is 0 Å². The largest absolute Gasteiger partial charge is 0.309 e. The number of hydrogen-bond acceptors (Lipinski definition) is 4. The van der Waals surface area contributed by atoms with E-state index in [2.05, 4.69) is 71.3 Å². The van der Waals surface area contributed by atoms with Crippen LogP contribution in [0.3, 0.4) is 0 Å².